The first kappa shape index (κ1) is 17.8. The number of hydrogen-bond donors (Lipinski definition) is 1. The van der Waals surface area contributed by atoms with Crippen LogP contribution in [-0.2, 0) is 0 Å². The molecule has 138 valence electrons. The number of carbonyl (C=O) groups is 1. The highest BCUT2D eigenvalue weighted by molar-refractivity contribution is 5.98. The molecule has 0 bridgehead atoms. The van der Waals surface area contributed by atoms with E-state index in [0.717, 1.165) is 39.3 Å². The van der Waals surface area contributed by atoms with Crippen molar-refractivity contribution in [2.75, 3.05) is 60.6 Å². The highest BCUT2D eigenvalue weighted by Gasteiger charge is 2.29. The van der Waals surface area contributed by atoms with Crippen LogP contribution in [0.4, 0.5) is 0 Å². The molecule has 2 aliphatic heterocycles. The molecule has 2 saturated heterocycles. The number of ether oxygens (including phenoxy) is 3. The lowest BCUT2D eigenvalue weighted by molar-refractivity contribution is 0.0580. The molecule has 1 amide bonds. The van der Waals surface area contributed by atoms with Crippen molar-refractivity contribution in [3.8, 4) is 17.2 Å². The molecule has 2 fully saturated rings. The number of piperazine rings is 1. The second kappa shape index (κ2) is 7.93. The van der Waals surface area contributed by atoms with Crippen molar-refractivity contribution in [1.82, 2.24) is 15.1 Å². The Kier molecular flexibility index (Phi) is 5.65. The summed E-state index contributed by atoms with van der Waals surface area (Å²) in [5.41, 5.74) is 0.510. The molecule has 0 radical (unpaired) electrons. The fourth-order valence-corrected chi connectivity index (χ4v) is 3.61. The van der Waals surface area contributed by atoms with Crippen molar-refractivity contribution in [3.63, 3.8) is 0 Å². The number of rotatable bonds is 5. The molecule has 1 unspecified atom stereocenters. The van der Waals surface area contributed by atoms with Crippen molar-refractivity contribution in [2.24, 2.45) is 0 Å². The van der Waals surface area contributed by atoms with Gasteiger partial charge in [-0.2, -0.15) is 0 Å². The summed E-state index contributed by atoms with van der Waals surface area (Å²) in [4.78, 5) is 17.4. The Bertz CT molecular complexity index is 609. The fraction of sp³-hybridized carbons (Fsp3) is 0.611. The van der Waals surface area contributed by atoms with Gasteiger partial charge in [-0.15, -0.1) is 0 Å². The summed E-state index contributed by atoms with van der Waals surface area (Å²) in [7, 11) is 4.69. The minimum Gasteiger partial charge on any atom is -0.496 e. The van der Waals surface area contributed by atoms with Crippen LogP contribution in [0, 0.1) is 0 Å². The number of nitrogens with one attached hydrogen (secondary N) is 1. The van der Waals surface area contributed by atoms with E-state index in [1.165, 1.54) is 6.42 Å². The summed E-state index contributed by atoms with van der Waals surface area (Å²) in [6.45, 7) is 5.42. The lowest BCUT2D eigenvalue weighted by atomic mass is 10.1. The number of methoxy groups -OCH3 is 3. The van der Waals surface area contributed by atoms with E-state index in [4.69, 9.17) is 14.2 Å². The second-order valence-electron chi connectivity index (χ2n) is 6.38. The normalized spacial score (nSPS) is 21.2. The predicted octanol–water partition coefficient (Wildman–Crippen LogP) is 0.832. The van der Waals surface area contributed by atoms with Crippen LogP contribution in [0.2, 0.25) is 0 Å². The van der Waals surface area contributed by atoms with Crippen molar-refractivity contribution in [3.05, 3.63) is 17.7 Å². The number of hydrogen-bond acceptors (Lipinski definition) is 6. The molecular formula is C18H27N3O4. The molecule has 25 heavy (non-hydrogen) atoms. The summed E-state index contributed by atoms with van der Waals surface area (Å²) in [6, 6.07) is 4.01. The third-order valence-corrected chi connectivity index (χ3v) is 5.09. The molecule has 2 aliphatic rings. The number of amides is 1. The van der Waals surface area contributed by atoms with Gasteiger partial charge in [-0.05, 0) is 13.0 Å². The topological polar surface area (TPSA) is 63.3 Å². The smallest absolute Gasteiger partial charge is 0.257 e. The monoisotopic (exact) mass is 349 g/mol. The molecule has 2 heterocycles. The first-order valence-electron chi connectivity index (χ1n) is 8.72. The van der Waals surface area contributed by atoms with Gasteiger partial charge in [0.25, 0.3) is 5.91 Å². The van der Waals surface area contributed by atoms with Crippen LogP contribution >= 0.6 is 0 Å². The molecule has 0 spiro atoms. The lowest BCUT2D eigenvalue weighted by Crippen LogP contribution is -2.52. The molecule has 1 atom stereocenters. The zero-order valence-electron chi connectivity index (χ0n) is 15.2. The molecule has 0 aliphatic carbocycles. The highest BCUT2D eigenvalue weighted by atomic mass is 16.5. The summed E-state index contributed by atoms with van der Waals surface area (Å²) in [6.07, 6.45) is 1.19. The quantitative estimate of drug-likeness (QED) is 0.850. The van der Waals surface area contributed by atoms with Crippen LogP contribution in [0.3, 0.4) is 0 Å². The van der Waals surface area contributed by atoms with Crippen molar-refractivity contribution < 1.29 is 19.0 Å². The first-order chi connectivity index (χ1) is 12.2. The maximum Gasteiger partial charge on any atom is 0.257 e. The van der Waals surface area contributed by atoms with E-state index in [1.54, 1.807) is 33.5 Å². The third kappa shape index (κ3) is 3.67. The van der Waals surface area contributed by atoms with E-state index in [9.17, 15) is 4.79 Å². The van der Waals surface area contributed by atoms with Crippen LogP contribution in [0.15, 0.2) is 12.1 Å². The maximum absolute atomic E-state index is 13.0. The van der Waals surface area contributed by atoms with Gasteiger partial charge in [0, 0.05) is 50.9 Å². The van der Waals surface area contributed by atoms with Crippen molar-refractivity contribution in [1.29, 1.82) is 0 Å². The Labute approximate surface area is 148 Å². The molecule has 7 nitrogen and oxygen atoms in total. The number of carbonyl (C=O) groups excluding carboxylic acids is 1. The standard InChI is InChI=1S/C18H27N3O4/c1-23-15-11-17(25-3)16(24-2)10-14(15)18(22)21-8-6-20(7-9-21)13-4-5-19-12-13/h10-11,13,19H,4-9,12H2,1-3H3. The summed E-state index contributed by atoms with van der Waals surface area (Å²) in [5, 5.41) is 3.40. The van der Waals surface area contributed by atoms with Gasteiger partial charge in [0.05, 0.1) is 26.9 Å². The van der Waals surface area contributed by atoms with E-state index >= 15 is 0 Å². The molecule has 1 aromatic rings. The van der Waals surface area contributed by atoms with Gasteiger partial charge in [-0.25, -0.2) is 0 Å². The lowest BCUT2D eigenvalue weighted by Gasteiger charge is -2.38. The van der Waals surface area contributed by atoms with Gasteiger partial charge in [0.2, 0.25) is 0 Å². The van der Waals surface area contributed by atoms with E-state index in [0.29, 0.717) is 28.9 Å². The van der Waals surface area contributed by atoms with Crippen molar-refractivity contribution >= 4 is 5.91 Å². The SMILES string of the molecule is COc1cc(OC)c(C(=O)N2CCN(C3CCNC3)CC2)cc1OC. The van der Waals surface area contributed by atoms with Gasteiger partial charge >= 0.3 is 0 Å². The molecule has 3 rings (SSSR count). The van der Waals surface area contributed by atoms with Crippen molar-refractivity contribution in [2.45, 2.75) is 12.5 Å². The Balaban J connectivity index is 1.72. The van der Waals surface area contributed by atoms with E-state index in [2.05, 4.69) is 10.2 Å². The summed E-state index contributed by atoms with van der Waals surface area (Å²) in [5.74, 6) is 1.56. The summed E-state index contributed by atoms with van der Waals surface area (Å²) < 4.78 is 16.0. The van der Waals surface area contributed by atoms with Gasteiger partial charge in [0.1, 0.15) is 5.75 Å². The molecule has 1 N–H and O–H groups in total. The fourth-order valence-electron chi connectivity index (χ4n) is 3.61. The minimum absolute atomic E-state index is 0.0259. The number of benzene rings is 1. The van der Waals surface area contributed by atoms with Crippen LogP contribution in [-0.4, -0.2) is 82.3 Å². The third-order valence-electron chi connectivity index (χ3n) is 5.09. The van der Waals surface area contributed by atoms with Crippen LogP contribution in [0.1, 0.15) is 16.8 Å². The molecule has 7 heteroatoms. The second-order valence-corrected chi connectivity index (χ2v) is 6.38. The average Bonchev–Trinajstić information content (AvgIpc) is 3.21. The van der Waals surface area contributed by atoms with Gasteiger partial charge < -0.3 is 24.4 Å². The number of nitrogens with zero attached hydrogens (tertiary/aromatic N) is 2. The Morgan fingerprint density at radius 1 is 1.00 bits per heavy atom. The highest BCUT2D eigenvalue weighted by Crippen LogP contribution is 2.35. The van der Waals surface area contributed by atoms with E-state index in [1.807, 2.05) is 4.90 Å². The van der Waals surface area contributed by atoms with E-state index in [-0.39, 0.29) is 5.91 Å². The van der Waals surface area contributed by atoms with Crippen LogP contribution < -0.4 is 19.5 Å². The van der Waals surface area contributed by atoms with Gasteiger partial charge in [0.15, 0.2) is 11.5 Å². The molecule has 0 saturated carbocycles. The maximum atomic E-state index is 13.0. The minimum atomic E-state index is -0.0259. The zero-order valence-corrected chi connectivity index (χ0v) is 15.2. The molecular weight excluding hydrogens is 322 g/mol. The molecule has 1 aromatic carbocycles. The predicted molar refractivity (Wildman–Crippen MR) is 94.8 cm³/mol. The molecule has 0 aromatic heterocycles. The van der Waals surface area contributed by atoms with Crippen LogP contribution in [0.5, 0.6) is 17.2 Å². The zero-order chi connectivity index (χ0) is 17.8. The van der Waals surface area contributed by atoms with Gasteiger partial charge in [-0.3, -0.25) is 9.69 Å². The van der Waals surface area contributed by atoms with Gasteiger partial charge in [-0.1, -0.05) is 0 Å². The van der Waals surface area contributed by atoms with E-state index < -0.39 is 0 Å². The average molecular weight is 349 g/mol. The first-order valence-corrected chi connectivity index (χ1v) is 8.72. The largest absolute Gasteiger partial charge is 0.496 e. The van der Waals surface area contributed by atoms with Crippen LogP contribution in [0.25, 0.3) is 0 Å². The Morgan fingerprint density at radius 2 is 1.64 bits per heavy atom. The Hall–Kier alpha value is -1.99. The summed E-state index contributed by atoms with van der Waals surface area (Å²) >= 11 is 0. The Morgan fingerprint density at radius 3 is 2.20 bits per heavy atom.